The monoisotopic (exact) mass is 505 g/mol. The van der Waals surface area contributed by atoms with Crippen molar-refractivity contribution >= 4 is 29.1 Å². The largest absolute Gasteiger partial charge is 0.507 e. The van der Waals surface area contributed by atoms with Gasteiger partial charge in [0.25, 0.3) is 11.7 Å². The van der Waals surface area contributed by atoms with Crippen LogP contribution in [0.2, 0.25) is 5.02 Å². The number of benzene rings is 3. The summed E-state index contributed by atoms with van der Waals surface area (Å²) in [5, 5.41) is 11.7. The molecule has 1 amide bonds. The first-order valence-corrected chi connectivity index (χ1v) is 12.3. The van der Waals surface area contributed by atoms with Gasteiger partial charge >= 0.3 is 0 Å². The minimum Gasteiger partial charge on any atom is -0.507 e. The van der Waals surface area contributed by atoms with Gasteiger partial charge in [-0.1, -0.05) is 54.9 Å². The minimum absolute atomic E-state index is 0.0166. The van der Waals surface area contributed by atoms with Crippen molar-refractivity contribution in [2.24, 2.45) is 0 Å². The summed E-state index contributed by atoms with van der Waals surface area (Å²) in [6.07, 6.45) is 0.839. The number of Topliss-reactive ketones (excluding diaryl/α,β-unsaturated/α-hetero) is 1. The van der Waals surface area contributed by atoms with Gasteiger partial charge in [-0.15, -0.1) is 0 Å². The normalized spacial score (nSPS) is 16.9. The molecule has 0 aromatic heterocycles. The summed E-state index contributed by atoms with van der Waals surface area (Å²) in [4.78, 5) is 28.0. The average molecular weight is 506 g/mol. The third-order valence-electron chi connectivity index (χ3n) is 5.90. The molecule has 0 radical (unpaired) electrons. The lowest BCUT2D eigenvalue weighted by Crippen LogP contribution is -2.29. The van der Waals surface area contributed by atoms with Crippen molar-refractivity contribution in [3.05, 3.63) is 100 Å². The molecule has 0 aliphatic carbocycles. The topological polar surface area (TPSA) is 76.1 Å². The molecule has 4 rings (SSSR count). The first kappa shape index (κ1) is 25.3. The van der Waals surface area contributed by atoms with E-state index in [1.54, 1.807) is 42.5 Å². The Bertz CT molecular complexity index is 1270. The van der Waals surface area contributed by atoms with E-state index in [0.717, 1.165) is 12.0 Å². The molecule has 1 heterocycles. The molecule has 3 aromatic carbocycles. The summed E-state index contributed by atoms with van der Waals surface area (Å²) < 4.78 is 11.7. The SMILES string of the molecule is CCCOc1ccc(C2C(=C(O)c3ccc(Cl)cc3)C(=O)C(=O)N2Cc2ccccc2)cc1OCC. The van der Waals surface area contributed by atoms with E-state index in [2.05, 4.69) is 0 Å². The molecule has 0 bridgehead atoms. The maximum Gasteiger partial charge on any atom is 0.295 e. The highest BCUT2D eigenvalue weighted by atomic mass is 35.5. The number of amides is 1. The van der Waals surface area contributed by atoms with Gasteiger partial charge in [-0.3, -0.25) is 9.59 Å². The Balaban J connectivity index is 1.86. The van der Waals surface area contributed by atoms with Crippen LogP contribution >= 0.6 is 11.6 Å². The summed E-state index contributed by atoms with van der Waals surface area (Å²) in [7, 11) is 0. The second-order valence-electron chi connectivity index (χ2n) is 8.41. The molecule has 1 saturated heterocycles. The van der Waals surface area contributed by atoms with Gasteiger partial charge in [0, 0.05) is 17.1 Å². The molecule has 1 aliphatic heterocycles. The highest BCUT2D eigenvalue weighted by molar-refractivity contribution is 6.46. The lowest BCUT2D eigenvalue weighted by atomic mass is 9.94. The molecule has 186 valence electrons. The number of hydrogen-bond donors (Lipinski definition) is 1. The molecule has 1 N–H and O–H groups in total. The first-order chi connectivity index (χ1) is 17.4. The Morgan fingerprint density at radius 1 is 0.944 bits per heavy atom. The fraction of sp³-hybridized carbons (Fsp3) is 0.241. The summed E-state index contributed by atoms with van der Waals surface area (Å²) in [5.74, 6) is -0.577. The van der Waals surface area contributed by atoms with Crippen LogP contribution in [0.25, 0.3) is 5.76 Å². The molecule has 1 aliphatic rings. The van der Waals surface area contributed by atoms with Gasteiger partial charge in [0.15, 0.2) is 11.5 Å². The number of carbonyl (C=O) groups is 2. The Morgan fingerprint density at radius 2 is 1.67 bits per heavy atom. The van der Waals surface area contributed by atoms with Gasteiger partial charge in [-0.05, 0) is 60.9 Å². The highest BCUT2D eigenvalue weighted by Crippen LogP contribution is 2.42. The van der Waals surface area contributed by atoms with Gasteiger partial charge in [-0.2, -0.15) is 0 Å². The van der Waals surface area contributed by atoms with Crippen LogP contribution in [0.4, 0.5) is 0 Å². The number of likely N-dealkylation sites (tertiary alicyclic amines) is 1. The molecular formula is C29H28ClNO5. The maximum atomic E-state index is 13.3. The van der Waals surface area contributed by atoms with Crippen molar-refractivity contribution in [3.8, 4) is 11.5 Å². The van der Waals surface area contributed by atoms with Crippen LogP contribution < -0.4 is 9.47 Å². The molecule has 3 aromatic rings. The zero-order valence-electron chi connectivity index (χ0n) is 20.2. The zero-order chi connectivity index (χ0) is 25.7. The van der Waals surface area contributed by atoms with E-state index in [1.165, 1.54) is 4.90 Å². The highest BCUT2D eigenvalue weighted by Gasteiger charge is 2.46. The van der Waals surface area contributed by atoms with Gasteiger partial charge in [0.05, 0.1) is 24.8 Å². The van der Waals surface area contributed by atoms with Crippen molar-refractivity contribution in [2.75, 3.05) is 13.2 Å². The predicted octanol–water partition coefficient (Wildman–Crippen LogP) is 6.15. The summed E-state index contributed by atoms with van der Waals surface area (Å²) in [5.41, 5.74) is 1.91. The van der Waals surface area contributed by atoms with E-state index in [-0.39, 0.29) is 17.9 Å². The first-order valence-electron chi connectivity index (χ1n) is 11.9. The molecule has 1 atom stereocenters. The fourth-order valence-electron chi connectivity index (χ4n) is 4.23. The average Bonchev–Trinajstić information content (AvgIpc) is 3.13. The Labute approximate surface area is 215 Å². The van der Waals surface area contributed by atoms with Crippen molar-refractivity contribution in [1.82, 2.24) is 4.90 Å². The molecule has 1 fully saturated rings. The van der Waals surface area contributed by atoms with E-state index in [9.17, 15) is 14.7 Å². The smallest absolute Gasteiger partial charge is 0.295 e. The van der Waals surface area contributed by atoms with Crippen LogP contribution in [0, 0.1) is 0 Å². The second-order valence-corrected chi connectivity index (χ2v) is 8.84. The van der Waals surface area contributed by atoms with Gasteiger partial charge in [-0.25, -0.2) is 0 Å². The van der Waals surface area contributed by atoms with Crippen molar-refractivity contribution < 1.29 is 24.2 Å². The molecule has 36 heavy (non-hydrogen) atoms. The summed E-state index contributed by atoms with van der Waals surface area (Å²) in [6, 6.07) is 20.4. The number of aliphatic hydroxyl groups excluding tert-OH is 1. The number of ketones is 1. The van der Waals surface area contributed by atoms with Crippen LogP contribution in [0.1, 0.15) is 43.0 Å². The number of ether oxygens (including phenoxy) is 2. The maximum absolute atomic E-state index is 13.3. The van der Waals surface area contributed by atoms with E-state index in [1.807, 2.05) is 44.2 Å². The minimum atomic E-state index is -0.819. The van der Waals surface area contributed by atoms with Crippen LogP contribution in [0.15, 0.2) is 78.4 Å². The summed E-state index contributed by atoms with van der Waals surface area (Å²) in [6.45, 7) is 5.04. The van der Waals surface area contributed by atoms with Gasteiger partial charge < -0.3 is 19.5 Å². The molecule has 6 nitrogen and oxygen atoms in total. The second kappa shape index (κ2) is 11.3. The number of nitrogens with zero attached hydrogens (tertiary/aromatic N) is 1. The Kier molecular flexibility index (Phi) is 7.96. The standard InChI is InChI=1S/C29H28ClNO5/c1-3-16-36-23-15-12-21(17-24(23)35-4-2)26-25(27(32)20-10-13-22(30)14-11-20)28(33)29(34)31(26)18-19-8-6-5-7-9-19/h5-15,17,26,32H,3-4,16,18H2,1-2H3. The Morgan fingerprint density at radius 3 is 2.33 bits per heavy atom. The number of halogens is 1. The van der Waals surface area contributed by atoms with Gasteiger partial charge in [0.1, 0.15) is 5.76 Å². The molecule has 7 heteroatoms. The number of carbonyl (C=O) groups excluding carboxylic acids is 2. The number of aliphatic hydroxyl groups is 1. The molecule has 0 spiro atoms. The van der Waals surface area contributed by atoms with E-state index in [4.69, 9.17) is 21.1 Å². The van der Waals surface area contributed by atoms with Crippen LogP contribution in [0.3, 0.4) is 0 Å². The summed E-state index contributed by atoms with van der Waals surface area (Å²) >= 11 is 6.01. The van der Waals surface area contributed by atoms with Crippen molar-refractivity contribution in [1.29, 1.82) is 0 Å². The molecule has 1 unspecified atom stereocenters. The fourth-order valence-corrected chi connectivity index (χ4v) is 4.35. The van der Waals surface area contributed by atoms with E-state index >= 15 is 0 Å². The van der Waals surface area contributed by atoms with Crippen LogP contribution in [-0.4, -0.2) is 34.9 Å². The van der Waals surface area contributed by atoms with E-state index in [0.29, 0.717) is 40.9 Å². The van der Waals surface area contributed by atoms with Crippen LogP contribution in [-0.2, 0) is 16.1 Å². The predicted molar refractivity (Wildman–Crippen MR) is 139 cm³/mol. The number of hydrogen-bond acceptors (Lipinski definition) is 5. The quantitative estimate of drug-likeness (QED) is 0.214. The van der Waals surface area contributed by atoms with Gasteiger partial charge in [0.2, 0.25) is 0 Å². The Hall–Kier alpha value is -3.77. The van der Waals surface area contributed by atoms with Crippen molar-refractivity contribution in [2.45, 2.75) is 32.9 Å². The lowest BCUT2D eigenvalue weighted by molar-refractivity contribution is -0.140. The molecular weight excluding hydrogens is 478 g/mol. The lowest BCUT2D eigenvalue weighted by Gasteiger charge is -2.26. The van der Waals surface area contributed by atoms with Crippen molar-refractivity contribution in [3.63, 3.8) is 0 Å². The third kappa shape index (κ3) is 5.24. The van der Waals surface area contributed by atoms with E-state index < -0.39 is 17.7 Å². The van der Waals surface area contributed by atoms with Crippen LogP contribution in [0.5, 0.6) is 11.5 Å². The third-order valence-corrected chi connectivity index (χ3v) is 6.15. The zero-order valence-corrected chi connectivity index (χ0v) is 21.0. The number of rotatable bonds is 9. The molecule has 0 saturated carbocycles.